The van der Waals surface area contributed by atoms with Crippen LogP contribution in [-0.2, 0) is 4.74 Å². The fourth-order valence-corrected chi connectivity index (χ4v) is 6.20. The average Bonchev–Trinajstić information content (AvgIpc) is 3.64. The largest absolute Gasteiger partial charge is 0.490 e. The summed E-state index contributed by atoms with van der Waals surface area (Å²) in [6.45, 7) is 4.68. The lowest BCUT2D eigenvalue weighted by Gasteiger charge is -2.44. The van der Waals surface area contributed by atoms with Crippen molar-refractivity contribution in [1.29, 1.82) is 5.26 Å². The molecule has 3 fully saturated rings. The minimum absolute atomic E-state index is 0.0641. The highest BCUT2D eigenvalue weighted by Crippen LogP contribution is 2.47. The first-order valence-electron chi connectivity index (χ1n) is 14.4. The lowest BCUT2D eigenvalue weighted by molar-refractivity contribution is -0.0782. The molecule has 2 aliphatic heterocycles. The Labute approximate surface area is 244 Å². The quantitative estimate of drug-likeness (QED) is 0.285. The number of aromatic nitrogens is 4. The van der Waals surface area contributed by atoms with Crippen LogP contribution in [0.25, 0.3) is 16.6 Å². The van der Waals surface area contributed by atoms with Crippen molar-refractivity contribution in [1.82, 2.24) is 24.9 Å². The van der Waals surface area contributed by atoms with Gasteiger partial charge in [-0.25, -0.2) is 14.5 Å². The van der Waals surface area contributed by atoms with Crippen LogP contribution in [0.15, 0.2) is 55.1 Å². The molecule has 1 spiro atoms. The molecule has 7 rings (SSSR count). The van der Waals surface area contributed by atoms with Gasteiger partial charge in [0, 0.05) is 29.9 Å². The molecule has 42 heavy (non-hydrogen) atoms. The Balaban J connectivity index is 0.986. The van der Waals surface area contributed by atoms with Gasteiger partial charge in [0.15, 0.2) is 0 Å². The second-order valence-electron chi connectivity index (χ2n) is 11.3. The number of ether oxygens (including phenoxy) is 4. The maximum atomic E-state index is 9.71. The highest BCUT2D eigenvalue weighted by molar-refractivity contribution is 5.85. The minimum atomic E-state index is 0.0641. The highest BCUT2D eigenvalue weighted by atomic mass is 16.5. The molecule has 0 atom stereocenters. The number of nitrogens with zero attached hydrogens (tertiary/aromatic N) is 6. The number of nitriles is 1. The standard InChI is InChI=1S/C31H33N7O4/c1-39-29-5-3-23(16-35-29)42-26-17-37(18-26)28-4-2-21(14-34-28)27-10-24(19-38-30(27)22(13-32)15-36-38)40-8-9-41-25-11-31(12-25)6-7-33-20-31/h2-5,10,14-16,19,25-26,33H,6-9,11-12,17-18,20H2,1H3. The van der Waals surface area contributed by atoms with Gasteiger partial charge >= 0.3 is 0 Å². The van der Waals surface area contributed by atoms with Gasteiger partial charge in [-0.3, -0.25) is 0 Å². The first-order chi connectivity index (χ1) is 20.6. The maximum Gasteiger partial charge on any atom is 0.213 e. The summed E-state index contributed by atoms with van der Waals surface area (Å²) >= 11 is 0. The number of fused-ring (bicyclic) bond motifs is 1. The summed E-state index contributed by atoms with van der Waals surface area (Å²) < 4.78 is 25.0. The molecule has 0 radical (unpaired) electrons. The molecule has 216 valence electrons. The van der Waals surface area contributed by atoms with Crippen LogP contribution in [0, 0.1) is 16.7 Å². The van der Waals surface area contributed by atoms with E-state index in [-0.39, 0.29) is 6.10 Å². The molecule has 11 heteroatoms. The molecule has 4 aromatic heterocycles. The molecule has 2 saturated heterocycles. The van der Waals surface area contributed by atoms with Crippen LogP contribution in [0.4, 0.5) is 5.82 Å². The van der Waals surface area contributed by atoms with E-state index < -0.39 is 0 Å². The van der Waals surface area contributed by atoms with Crippen molar-refractivity contribution in [2.75, 3.05) is 51.4 Å². The van der Waals surface area contributed by atoms with E-state index in [1.807, 2.05) is 36.7 Å². The lowest BCUT2D eigenvalue weighted by atomic mass is 9.66. The van der Waals surface area contributed by atoms with Crippen LogP contribution in [0.5, 0.6) is 17.4 Å². The molecule has 1 aliphatic carbocycles. The normalized spacial score (nSPS) is 21.6. The van der Waals surface area contributed by atoms with Crippen molar-refractivity contribution < 1.29 is 18.9 Å². The first-order valence-corrected chi connectivity index (χ1v) is 14.4. The number of rotatable bonds is 10. The topological polar surface area (TPSA) is 119 Å². The first kappa shape index (κ1) is 26.5. The van der Waals surface area contributed by atoms with Crippen molar-refractivity contribution in [3.8, 4) is 34.6 Å². The Morgan fingerprint density at radius 2 is 1.95 bits per heavy atom. The van der Waals surface area contributed by atoms with Crippen molar-refractivity contribution in [2.45, 2.75) is 31.5 Å². The monoisotopic (exact) mass is 567 g/mol. The molecule has 0 aromatic carbocycles. The van der Waals surface area contributed by atoms with Gasteiger partial charge in [-0.05, 0) is 55.5 Å². The summed E-state index contributed by atoms with van der Waals surface area (Å²) in [7, 11) is 1.59. The van der Waals surface area contributed by atoms with Gasteiger partial charge in [0.2, 0.25) is 5.88 Å². The van der Waals surface area contributed by atoms with E-state index in [1.165, 1.54) is 6.42 Å². The number of hydrogen-bond acceptors (Lipinski definition) is 10. The Hall–Kier alpha value is -4.40. The second kappa shape index (κ2) is 11.1. The summed E-state index contributed by atoms with van der Waals surface area (Å²) in [5.74, 6) is 2.81. The highest BCUT2D eigenvalue weighted by Gasteiger charge is 2.46. The van der Waals surface area contributed by atoms with Gasteiger partial charge < -0.3 is 29.2 Å². The number of nitrogens with one attached hydrogen (secondary N) is 1. The molecule has 1 N–H and O–H groups in total. The van der Waals surface area contributed by atoms with Gasteiger partial charge in [0.25, 0.3) is 0 Å². The molecule has 0 bridgehead atoms. The Kier molecular flexibility index (Phi) is 7.01. The molecule has 6 heterocycles. The molecule has 4 aromatic rings. The van der Waals surface area contributed by atoms with Gasteiger partial charge in [-0.15, -0.1) is 0 Å². The third-order valence-corrected chi connectivity index (χ3v) is 8.52. The van der Waals surface area contributed by atoms with Crippen LogP contribution >= 0.6 is 0 Å². The van der Waals surface area contributed by atoms with Crippen molar-refractivity contribution in [2.24, 2.45) is 5.41 Å². The minimum Gasteiger partial charge on any atom is -0.490 e. The predicted molar refractivity (Wildman–Crippen MR) is 155 cm³/mol. The number of hydrogen-bond donors (Lipinski definition) is 1. The molecular weight excluding hydrogens is 534 g/mol. The van der Waals surface area contributed by atoms with E-state index in [0.29, 0.717) is 47.7 Å². The zero-order valence-corrected chi connectivity index (χ0v) is 23.5. The predicted octanol–water partition coefficient (Wildman–Crippen LogP) is 3.48. The van der Waals surface area contributed by atoms with Crippen molar-refractivity contribution in [3.05, 3.63) is 60.7 Å². The van der Waals surface area contributed by atoms with Gasteiger partial charge in [0.1, 0.15) is 36.1 Å². The molecule has 1 saturated carbocycles. The van der Waals surface area contributed by atoms with E-state index in [4.69, 9.17) is 23.9 Å². The van der Waals surface area contributed by atoms with E-state index >= 15 is 0 Å². The molecule has 11 nitrogen and oxygen atoms in total. The van der Waals surface area contributed by atoms with E-state index in [1.54, 1.807) is 30.1 Å². The molecule has 0 unspecified atom stereocenters. The van der Waals surface area contributed by atoms with Crippen LogP contribution in [0.2, 0.25) is 0 Å². The third-order valence-electron chi connectivity index (χ3n) is 8.52. The molecule has 3 aliphatic rings. The fourth-order valence-electron chi connectivity index (χ4n) is 6.20. The third kappa shape index (κ3) is 5.19. The van der Waals surface area contributed by atoms with Crippen molar-refractivity contribution in [3.63, 3.8) is 0 Å². The van der Waals surface area contributed by atoms with Crippen LogP contribution in [-0.4, -0.2) is 78.3 Å². The zero-order valence-electron chi connectivity index (χ0n) is 23.5. The summed E-state index contributed by atoms with van der Waals surface area (Å²) in [6, 6.07) is 11.9. The Morgan fingerprint density at radius 1 is 1.05 bits per heavy atom. The van der Waals surface area contributed by atoms with E-state index in [2.05, 4.69) is 26.4 Å². The van der Waals surface area contributed by atoms with Crippen LogP contribution in [0.1, 0.15) is 24.8 Å². The SMILES string of the molecule is COc1ccc(OC2CN(c3ccc(-c4cc(OCCOC5CC6(CCNC6)C5)cn5ncc(C#N)c45)cn3)C2)cn1. The van der Waals surface area contributed by atoms with Gasteiger partial charge in [0.05, 0.1) is 62.6 Å². The molecule has 0 amide bonds. The van der Waals surface area contributed by atoms with Gasteiger partial charge in [-0.1, -0.05) is 0 Å². The number of methoxy groups -OCH3 is 1. The summed E-state index contributed by atoms with van der Waals surface area (Å²) in [4.78, 5) is 11.1. The Bertz CT molecular complexity index is 1580. The molecular formula is C31H33N7O4. The summed E-state index contributed by atoms with van der Waals surface area (Å²) in [6.07, 6.45) is 10.8. The smallest absolute Gasteiger partial charge is 0.213 e. The van der Waals surface area contributed by atoms with Crippen LogP contribution < -0.4 is 24.4 Å². The fraction of sp³-hybridized carbons (Fsp3) is 0.419. The average molecular weight is 568 g/mol. The zero-order chi connectivity index (χ0) is 28.5. The van der Waals surface area contributed by atoms with Crippen LogP contribution in [0.3, 0.4) is 0 Å². The Morgan fingerprint density at radius 3 is 2.67 bits per heavy atom. The van der Waals surface area contributed by atoms with E-state index in [0.717, 1.165) is 61.5 Å². The number of pyridine rings is 3. The maximum absolute atomic E-state index is 9.71. The lowest BCUT2D eigenvalue weighted by Crippen LogP contribution is -2.54. The van der Waals surface area contributed by atoms with Gasteiger partial charge in [-0.2, -0.15) is 10.4 Å². The second-order valence-corrected chi connectivity index (χ2v) is 11.3. The number of anilines is 1. The van der Waals surface area contributed by atoms with E-state index in [9.17, 15) is 5.26 Å². The summed E-state index contributed by atoms with van der Waals surface area (Å²) in [5.41, 5.74) is 3.41. The summed E-state index contributed by atoms with van der Waals surface area (Å²) in [5, 5.41) is 17.6. The van der Waals surface area contributed by atoms with Crippen molar-refractivity contribution >= 4 is 11.3 Å².